The van der Waals surface area contributed by atoms with Gasteiger partial charge in [0.25, 0.3) is 0 Å². The summed E-state index contributed by atoms with van der Waals surface area (Å²) in [5.74, 6) is -0.166. The van der Waals surface area contributed by atoms with Crippen molar-refractivity contribution in [2.75, 3.05) is 7.05 Å². The summed E-state index contributed by atoms with van der Waals surface area (Å²) < 4.78 is 13.2. The Morgan fingerprint density at radius 3 is 2.53 bits per heavy atom. The van der Waals surface area contributed by atoms with Gasteiger partial charge in [-0.25, -0.2) is 4.39 Å². The minimum absolute atomic E-state index is 0.166. The summed E-state index contributed by atoms with van der Waals surface area (Å²) in [4.78, 5) is 0. The Morgan fingerprint density at radius 1 is 1.05 bits per heavy atom. The molecule has 0 spiro atoms. The van der Waals surface area contributed by atoms with Crippen molar-refractivity contribution in [3.05, 3.63) is 71.5 Å². The fourth-order valence-corrected chi connectivity index (χ4v) is 2.36. The van der Waals surface area contributed by atoms with Crippen LogP contribution in [0.15, 0.2) is 54.6 Å². The van der Waals surface area contributed by atoms with Gasteiger partial charge in [0, 0.05) is 6.04 Å². The van der Waals surface area contributed by atoms with Crippen LogP contribution in [0.25, 0.3) is 0 Å². The molecule has 0 fully saturated rings. The Balaban J connectivity index is 1.89. The molecule has 0 radical (unpaired) electrons. The maximum absolute atomic E-state index is 13.2. The highest BCUT2D eigenvalue weighted by molar-refractivity contribution is 5.20. The third-order valence-corrected chi connectivity index (χ3v) is 3.40. The molecule has 2 rings (SSSR count). The van der Waals surface area contributed by atoms with Crippen LogP contribution in [-0.4, -0.2) is 7.05 Å². The van der Waals surface area contributed by atoms with Gasteiger partial charge in [-0.3, -0.25) is 0 Å². The highest BCUT2D eigenvalue weighted by Gasteiger charge is 2.09. The van der Waals surface area contributed by atoms with E-state index in [2.05, 4.69) is 29.6 Å². The number of hydrogen-bond acceptors (Lipinski definition) is 1. The van der Waals surface area contributed by atoms with Gasteiger partial charge >= 0.3 is 0 Å². The normalized spacial score (nSPS) is 12.3. The second-order valence-electron chi connectivity index (χ2n) is 4.77. The number of benzene rings is 2. The summed E-state index contributed by atoms with van der Waals surface area (Å²) in [6.07, 6.45) is 3.16. The summed E-state index contributed by atoms with van der Waals surface area (Å²) >= 11 is 0. The number of halogens is 1. The summed E-state index contributed by atoms with van der Waals surface area (Å²) in [6, 6.07) is 17.5. The van der Waals surface area contributed by atoms with Crippen molar-refractivity contribution in [2.24, 2.45) is 0 Å². The Hall–Kier alpha value is -1.67. The lowest BCUT2D eigenvalue weighted by Gasteiger charge is -2.16. The molecule has 0 bridgehead atoms. The van der Waals surface area contributed by atoms with Gasteiger partial charge in [-0.05, 0) is 49.6 Å². The second kappa shape index (κ2) is 7.05. The zero-order valence-electron chi connectivity index (χ0n) is 11.3. The molecule has 1 N–H and O–H groups in total. The van der Waals surface area contributed by atoms with Crippen LogP contribution in [0.4, 0.5) is 4.39 Å². The van der Waals surface area contributed by atoms with E-state index in [9.17, 15) is 4.39 Å². The van der Waals surface area contributed by atoms with E-state index < -0.39 is 0 Å². The Kier molecular flexibility index (Phi) is 5.10. The first-order valence-electron chi connectivity index (χ1n) is 6.76. The Bertz CT molecular complexity index is 496. The van der Waals surface area contributed by atoms with Crippen LogP contribution < -0.4 is 5.32 Å². The number of rotatable bonds is 6. The van der Waals surface area contributed by atoms with Crippen molar-refractivity contribution in [1.82, 2.24) is 5.32 Å². The molecule has 0 aliphatic heterocycles. The average molecular weight is 257 g/mol. The molecule has 0 aliphatic carbocycles. The number of aryl methyl sites for hydroxylation is 1. The van der Waals surface area contributed by atoms with Crippen molar-refractivity contribution < 1.29 is 4.39 Å². The zero-order valence-corrected chi connectivity index (χ0v) is 11.3. The van der Waals surface area contributed by atoms with E-state index in [1.54, 1.807) is 12.1 Å². The fraction of sp³-hybridized carbons (Fsp3) is 0.294. The van der Waals surface area contributed by atoms with E-state index in [0.29, 0.717) is 0 Å². The number of hydrogen-bond donors (Lipinski definition) is 1. The fourth-order valence-electron chi connectivity index (χ4n) is 2.36. The molecule has 100 valence electrons. The molecule has 1 nitrogen and oxygen atoms in total. The van der Waals surface area contributed by atoms with Crippen LogP contribution in [0, 0.1) is 5.82 Å². The van der Waals surface area contributed by atoms with Crippen LogP contribution in [0.3, 0.4) is 0 Å². The van der Waals surface area contributed by atoms with Crippen molar-refractivity contribution in [3.8, 4) is 0 Å². The number of nitrogens with one attached hydrogen (secondary N) is 1. The van der Waals surface area contributed by atoms with E-state index in [4.69, 9.17) is 0 Å². The standard InChI is InChI=1S/C17H20FN/c1-19-17(15-10-6-11-16(18)13-15)12-5-9-14-7-3-2-4-8-14/h2-4,6-8,10-11,13,17,19H,5,9,12H2,1H3. The quantitative estimate of drug-likeness (QED) is 0.821. The topological polar surface area (TPSA) is 12.0 Å². The van der Waals surface area contributed by atoms with Crippen LogP contribution >= 0.6 is 0 Å². The van der Waals surface area contributed by atoms with Gasteiger partial charge in [-0.15, -0.1) is 0 Å². The van der Waals surface area contributed by atoms with Crippen molar-refractivity contribution in [1.29, 1.82) is 0 Å². The van der Waals surface area contributed by atoms with Gasteiger partial charge in [0.05, 0.1) is 0 Å². The van der Waals surface area contributed by atoms with Crippen LogP contribution in [0.5, 0.6) is 0 Å². The van der Waals surface area contributed by atoms with E-state index in [0.717, 1.165) is 24.8 Å². The first-order valence-corrected chi connectivity index (χ1v) is 6.76. The zero-order chi connectivity index (χ0) is 13.5. The maximum atomic E-state index is 13.2. The highest BCUT2D eigenvalue weighted by Crippen LogP contribution is 2.20. The van der Waals surface area contributed by atoms with Crippen LogP contribution in [-0.2, 0) is 6.42 Å². The third kappa shape index (κ3) is 4.18. The van der Waals surface area contributed by atoms with Gasteiger partial charge in [0.2, 0.25) is 0 Å². The van der Waals surface area contributed by atoms with Crippen molar-refractivity contribution in [2.45, 2.75) is 25.3 Å². The lowest BCUT2D eigenvalue weighted by molar-refractivity contribution is 0.522. The Labute approximate surface area is 114 Å². The predicted octanol–water partition coefficient (Wildman–Crippen LogP) is 4.11. The molecule has 1 unspecified atom stereocenters. The monoisotopic (exact) mass is 257 g/mol. The molecule has 1 atom stereocenters. The first-order chi connectivity index (χ1) is 9.29. The van der Waals surface area contributed by atoms with Gasteiger partial charge in [-0.2, -0.15) is 0 Å². The van der Waals surface area contributed by atoms with Crippen LogP contribution in [0.1, 0.15) is 30.0 Å². The van der Waals surface area contributed by atoms with Gasteiger partial charge in [0.1, 0.15) is 5.82 Å². The molecule has 0 aliphatic rings. The second-order valence-corrected chi connectivity index (χ2v) is 4.77. The first kappa shape index (κ1) is 13.8. The molecule has 0 saturated carbocycles. The van der Waals surface area contributed by atoms with E-state index in [1.165, 1.54) is 11.6 Å². The van der Waals surface area contributed by atoms with Crippen molar-refractivity contribution >= 4 is 0 Å². The summed E-state index contributed by atoms with van der Waals surface area (Å²) in [5.41, 5.74) is 2.38. The molecule has 2 aromatic carbocycles. The van der Waals surface area contributed by atoms with Gasteiger partial charge < -0.3 is 5.32 Å². The minimum Gasteiger partial charge on any atom is -0.313 e. The molecule has 2 heteroatoms. The van der Waals surface area contributed by atoms with E-state index in [1.807, 2.05) is 19.2 Å². The van der Waals surface area contributed by atoms with Crippen LogP contribution in [0.2, 0.25) is 0 Å². The van der Waals surface area contributed by atoms with E-state index >= 15 is 0 Å². The molecule has 19 heavy (non-hydrogen) atoms. The highest BCUT2D eigenvalue weighted by atomic mass is 19.1. The molecule has 2 aromatic rings. The molecule has 0 amide bonds. The molecule has 0 aromatic heterocycles. The van der Waals surface area contributed by atoms with Crippen molar-refractivity contribution in [3.63, 3.8) is 0 Å². The summed E-state index contributed by atoms with van der Waals surface area (Å²) in [7, 11) is 1.93. The largest absolute Gasteiger partial charge is 0.313 e. The third-order valence-electron chi connectivity index (χ3n) is 3.40. The summed E-state index contributed by atoms with van der Waals surface area (Å²) in [5, 5.41) is 3.27. The Morgan fingerprint density at radius 2 is 1.84 bits per heavy atom. The smallest absolute Gasteiger partial charge is 0.123 e. The maximum Gasteiger partial charge on any atom is 0.123 e. The lowest BCUT2D eigenvalue weighted by atomic mass is 9.99. The van der Waals surface area contributed by atoms with Gasteiger partial charge in [-0.1, -0.05) is 42.5 Å². The molecule has 0 saturated heterocycles. The van der Waals surface area contributed by atoms with Gasteiger partial charge in [0.15, 0.2) is 0 Å². The molecular weight excluding hydrogens is 237 g/mol. The SMILES string of the molecule is CNC(CCCc1ccccc1)c1cccc(F)c1. The predicted molar refractivity (Wildman–Crippen MR) is 77.6 cm³/mol. The average Bonchev–Trinajstić information content (AvgIpc) is 2.45. The molecular formula is C17H20FN. The summed E-state index contributed by atoms with van der Waals surface area (Å²) in [6.45, 7) is 0. The molecule has 0 heterocycles. The lowest BCUT2D eigenvalue weighted by Crippen LogP contribution is -2.16. The minimum atomic E-state index is -0.166. The van der Waals surface area contributed by atoms with E-state index in [-0.39, 0.29) is 11.9 Å².